The molecule has 372 valence electrons. The predicted octanol–water partition coefficient (Wildman–Crippen LogP) is 12.7. The molecule has 1 aromatic heterocycles. The van der Waals surface area contributed by atoms with Crippen LogP contribution >= 0.6 is 19.4 Å². The molecule has 4 aromatic carbocycles. The number of carbonyl (C=O) groups excluding carboxylic acids is 2. The molecule has 1 amide bonds. The molecule has 3 aliphatic rings. The summed E-state index contributed by atoms with van der Waals surface area (Å²) in [6, 6.07) is 31.8. The number of carbonyl (C=O) groups is 2. The number of hydrogen-bond donors (Lipinski definition) is 0. The lowest BCUT2D eigenvalue weighted by atomic mass is 9.59. The number of aromatic nitrogens is 1. The smallest absolute Gasteiger partial charge is 0.475 e. The van der Waals surface area contributed by atoms with Crippen LogP contribution in [-0.4, -0.2) is 55.5 Å². The molecule has 1 heterocycles. The number of fused-ring (bicyclic) bond motifs is 3. The maximum atomic E-state index is 14.6. The van der Waals surface area contributed by atoms with Crippen LogP contribution in [0.5, 0.6) is 11.5 Å². The predicted molar refractivity (Wildman–Crippen MR) is 260 cm³/mol. The quantitative estimate of drug-likeness (QED) is 0.0449. The van der Waals surface area contributed by atoms with E-state index >= 15 is 0 Å². The summed E-state index contributed by atoms with van der Waals surface area (Å²) in [6.07, 6.45) is 1.16. The van der Waals surface area contributed by atoms with Crippen molar-refractivity contribution in [1.29, 1.82) is 0 Å². The second-order valence-electron chi connectivity index (χ2n) is 18.8. The zero-order valence-electron chi connectivity index (χ0n) is 39.6. The van der Waals surface area contributed by atoms with Crippen molar-refractivity contribution in [2.45, 2.75) is 108 Å². The van der Waals surface area contributed by atoms with Crippen LogP contribution in [0, 0.1) is 11.8 Å². The highest BCUT2D eigenvalue weighted by atomic mass is 35.5. The van der Waals surface area contributed by atoms with Crippen molar-refractivity contribution in [1.82, 2.24) is 4.98 Å². The van der Waals surface area contributed by atoms with E-state index in [0.717, 1.165) is 65.6 Å². The van der Waals surface area contributed by atoms with Crippen LogP contribution in [0.1, 0.15) is 98.2 Å². The number of phosphoric ester groups is 1. The van der Waals surface area contributed by atoms with Gasteiger partial charge in [-0.05, 0) is 140 Å². The molecule has 3 atom stereocenters. The van der Waals surface area contributed by atoms with Gasteiger partial charge in [0.05, 0.1) is 33.5 Å². The first-order valence-electron chi connectivity index (χ1n) is 23.9. The summed E-state index contributed by atoms with van der Waals surface area (Å²) in [7, 11) is -2.96. The molecular formula is C54H59ClF3N2O9P. The number of rotatable bonds is 19. The molecule has 0 radical (unpaired) electrons. The first-order valence-corrected chi connectivity index (χ1v) is 25.7. The number of phosphoric acid groups is 1. The Bertz CT molecular complexity index is 2600. The van der Waals surface area contributed by atoms with E-state index in [9.17, 15) is 27.3 Å². The van der Waals surface area contributed by atoms with Crippen molar-refractivity contribution in [3.8, 4) is 11.5 Å². The molecule has 1 saturated carbocycles. The minimum absolute atomic E-state index is 0.00400. The van der Waals surface area contributed by atoms with Crippen LogP contribution in [0.15, 0.2) is 115 Å². The number of anilines is 1. The highest BCUT2D eigenvalue weighted by molar-refractivity contribution is 7.48. The average molecular weight is 1000 g/mol. The molecule has 0 unspecified atom stereocenters. The van der Waals surface area contributed by atoms with Crippen molar-refractivity contribution in [2.75, 3.05) is 31.8 Å². The summed E-state index contributed by atoms with van der Waals surface area (Å²) in [4.78, 5) is 32.8. The van der Waals surface area contributed by atoms with Crippen molar-refractivity contribution in [3.63, 3.8) is 0 Å². The first kappa shape index (κ1) is 51.1. The largest absolute Gasteiger partial charge is 0.493 e. The second kappa shape index (κ2) is 22.0. The number of ether oxygens (including phenoxy) is 3. The van der Waals surface area contributed by atoms with E-state index in [-0.39, 0.29) is 74.7 Å². The maximum absolute atomic E-state index is 14.6. The molecule has 0 N–H and O–H groups in total. The number of benzene rings is 4. The lowest BCUT2D eigenvalue weighted by Gasteiger charge is -2.51. The maximum Gasteiger partial charge on any atom is 0.475 e. The Hall–Kier alpha value is -5.24. The van der Waals surface area contributed by atoms with Gasteiger partial charge in [0.1, 0.15) is 23.6 Å². The fourth-order valence-corrected chi connectivity index (χ4v) is 12.1. The van der Waals surface area contributed by atoms with Gasteiger partial charge < -0.3 is 14.2 Å². The third-order valence-corrected chi connectivity index (χ3v) is 15.8. The Morgan fingerprint density at radius 1 is 0.857 bits per heavy atom. The van der Waals surface area contributed by atoms with E-state index < -0.39 is 36.8 Å². The first-order chi connectivity index (χ1) is 33.6. The SMILES string of the molecule is COC(=O)C1(N(C(=O)C(F)(F)F)c2cccc(Cl)c2)CCC2(CC1)c1cc(OCCOP(=O)(OCc3ccccc3)OCc3ccccc3)ccc1C[C@@H]2C[C@@H](C)COc1ccnc2c1[C@H](C)CCC2. The zero-order chi connectivity index (χ0) is 49.5. The van der Waals surface area contributed by atoms with Crippen molar-refractivity contribution >= 4 is 37.0 Å². The Labute approximate surface area is 412 Å². The molecule has 70 heavy (non-hydrogen) atoms. The van der Waals surface area contributed by atoms with Gasteiger partial charge in [-0.2, -0.15) is 13.2 Å². The number of aryl methyl sites for hydroxylation is 1. The third-order valence-electron chi connectivity index (χ3n) is 14.2. The van der Waals surface area contributed by atoms with E-state index in [1.165, 1.54) is 24.3 Å². The number of amides is 1. The third kappa shape index (κ3) is 11.4. The average Bonchev–Trinajstić information content (AvgIpc) is 3.64. The normalized spacial score (nSPS) is 21.4. The van der Waals surface area contributed by atoms with Gasteiger partial charge in [0.25, 0.3) is 0 Å². The topological polar surface area (TPSA) is 123 Å². The summed E-state index contributed by atoms with van der Waals surface area (Å²) < 4.78 is 93.3. The second-order valence-corrected chi connectivity index (χ2v) is 20.9. The number of methoxy groups -OCH3 is 1. The Balaban J connectivity index is 1.05. The summed E-state index contributed by atoms with van der Waals surface area (Å²) in [5, 5.41) is 0.104. The zero-order valence-corrected chi connectivity index (χ0v) is 41.3. The number of hydrogen-bond acceptors (Lipinski definition) is 10. The number of pyridine rings is 1. The van der Waals surface area contributed by atoms with Crippen LogP contribution in [0.2, 0.25) is 5.02 Å². The van der Waals surface area contributed by atoms with E-state index in [4.69, 9.17) is 39.4 Å². The molecule has 8 rings (SSSR count). The molecule has 3 aliphatic carbocycles. The Morgan fingerprint density at radius 2 is 1.54 bits per heavy atom. The number of esters is 1. The van der Waals surface area contributed by atoms with Crippen LogP contribution in [0.25, 0.3) is 0 Å². The highest BCUT2D eigenvalue weighted by Crippen LogP contribution is 2.58. The van der Waals surface area contributed by atoms with Gasteiger partial charge in [-0.25, -0.2) is 9.36 Å². The van der Waals surface area contributed by atoms with Gasteiger partial charge in [0.2, 0.25) is 0 Å². The summed E-state index contributed by atoms with van der Waals surface area (Å²) >= 11 is 6.30. The fourth-order valence-electron chi connectivity index (χ4n) is 10.8. The van der Waals surface area contributed by atoms with Crippen LogP contribution < -0.4 is 14.4 Å². The molecular weight excluding hydrogens is 944 g/mol. The minimum atomic E-state index is -5.31. The van der Waals surface area contributed by atoms with Crippen molar-refractivity contribution < 1.29 is 55.1 Å². The fraction of sp³-hybridized carbons (Fsp3) is 0.426. The van der Waals surface area contributed by atoms with Gasteiger partial charge >= 0.3 is 25.9 Å². The molecule has 1 spiro atoms. The van der Waals surface area contributed by atoms with Gasteiger partial charge in [0, 0.05) is 28.2 Å². The Morgan fingerprint density at radius 3 is 2.19 bits per heavy atom. The summed E-state index contributed by atoms with van der Waals surface area (Å²) in [5.41, 5.74) is 3.02. The van der Waals surface area contributed by atoms with Crippen LogP contribution in [-0.2, 0) is 63.9 Å². The number of halogens is 4. The number of alkyl halides is 3. The molecule has 0 aliphatic heterocycles. The Kier molecular flexibility index (Phi) is 16.1. The van der Waals surface area contributed by atoms with E-state index in [1.54, 1.807) is 6.20 Å². The molecule has 5 aromatic rings. The van der Waals surface area contributed by atoms with Gasteiger partial charge in [-0.1, -0.05) is 98.2 Å². The molecule has 0 saturated heterocycles. The molecule has 1 fully saturated rings. The molecule has 0 bridgehead atoms. The lowest BCUT2D eigenvalue weighted by molar-refractivity contribution is -0.174. The number of nitrogens with zero attached hydrogens (tertiary/aromatic N) is 2. The van der Waals surface area contributed by atoms with Gasteiger partial charge in [-0.15, -0.1) is 0 Å². The van der Waals surface area contributed by atoms with E-state index in [2.05, 4.69) is 18.8 Å². The highest BCUT2D eigenvalue weighted by Gasteiger charge is 2.60. The summed E-state index contributed by atoms with van der Waals surface area (Å²) in [6.45, 7) is 4.61. The molecule has 16 heteroatoms. The summed E-state index contributed by atoms with van der Waals surface area (Å²) in [5.74, 6) is -1.42. The van der Waals surface area contributed by atoms with E-state index in [0.29, 0.717) is 36.0 Å². The van der Waals surface area contributed by atoms with Crippen molar-refractivity contribution in [3.05, 3.63) is 154 Å². The van der Waals surface area contributed by atoms with Crippen LogP contribution in [0.3, 0.4) is 0 Å². The van der Waals surface area contributed by atoms with Crippen LogP contribution in [0.4, 0.5) is 18.9 Å². The van der Waals surface area contributed by atoms with Crippen molar-refractivity contribution in [2.24, 2.45) is 11.8 Å². The lowest BCUT2D eigenvalue weighted by Crippen LogP contribution is -2.63. The van der Waals surface area contributed by atoms with Gasteiger partial charge in [0.15, 0.2) is 0 Å². The standard InChI is InChI=1S/C54H59ClF3N2O9P/c1-37(34-66-48-22-27-59-47-19-10-12-38(2)49(47)48)30-42-31-41-20-21-45(65-28-29-67-70(63,68-35-39-13-6-4-7-14-39)69-36-40-15-8-5-9-16-40)33-46(41)52(42)23-25-53(26-24-52,51(62)64-3)60(50(61)54(56,57)58)44-18-11-17-43(55)32-44/h4-9,11,13-18,20-22,27,32-33,37-38,42H,10,12,19,23-26,28-31,34-36H2,1-3H3/t37-,38-,42+,52?,53?/m1/s1. The minimum Gasteiger partial charge on any atom is -0.493 e. The molecule has 11 nitrogen and oxygen atoms in total. The van der Waals surface area contributed by atoms with Gasteiger partial charge in [-0.3, -0.25) is 28.2 Å². The van der Waals surface area contributed by atoms with E-state index in [1.807, 2.05) is 84.9 Å². The monoisotopic (exact) mass is 1000 g/mol.